The Bertz CT molecular complexity index is 1330. The summed E-state index contributed by atoms with van der Waals surface area (Å²) in [5, 5.41) is 2.83. The number of hydrogen-bond donors (Lipinski definition) is 1. The molecule has 0 saturated carbocycles. The zero-order valence-electron chi connectivity index (χ0n) is 22.3. The van der Waals surface area contributed by atoms with E-state index in [1.54, 1.807) is 37.3 Å². The van der Waals surface area contributed by atoms with Crippen LogP contribution in [0.5, 0.6) is 5.75 Å². The number of methoxy groups -OCH3 is 1. The smallest absolute Gasteiger partial charge is 0.264 e. The Morgan fingerprint density at radius 2 is 1.59 bits per heavy atom. The number of carbonyl (C=O) groups excluding carboxylic acids is 2. The first-order chi connectivity index (χ1) is 18.7. The van der Waals surface area contributed by atoms with Crippen molar-refractivity contribution in [3.05, 3.63) is 90.2 Å². The molecule has 208 valence electrons. The average Bonchev–Trinajstić information content (AvgIpc) is 2.95. The molecule has 0 unspecified atom stereocenters. The highest BCUT2D eigenvalue weighted by atomic mass is 32.2. The van der Waals surface area contributed by atoms with Gasteiger partial charge in [0.1, 0.15) is 24.2 Å². The Balaban J connectivity index is 2.01. The van der Waals surface area contributed by atoms with Gasteiger partial charge in [0, 0.05) is 13.1 Å². The maximum absolute atomic E-state index is 13.9. The molecule has 0 aliphatic carbocycles. The molecule has 0 bridgehead atoms. The molecule has 0 saturated heterocycles. The number of amides is 2. The molecule has 0 aliphatic rings. The molecule has 3 aromatic rings. The molecule has 3 rings (SSSR count). The summed E-state index contributed by atoms with van der Waals surface area (Å²) in [4.78, 5) is 28.3. The Morgan fingerprint density at radius 3 is 2.15 bits per heavy atom. The van der Waals surface area contributed by atoms with Crippen LogP contribution in [0.3, 0.4) is 0 Å². The van der Waals surface area contributed by atoms with E-state index in [1.807, 2.05) is 6.92 Å². The highest BCUT2D eigenvalue weighted by Gasteiger charge is 2.33. The van der Waals surface area contributed by atoms with Gasteiger partial charge >= 0.3 is 0 Å². The molecule has 0 fully saturated rings. The van der Waals surface area contributed by atoms with E-state index >= 15 is 0 Å². The predicted molar refractivity (Wildman–Crippen MR) is 148 cm³/mol. The van der Waals surface area contributed by atoms with Crippen molar-refractivity contribution in [2.75, 3.05) is 24.5 Å². The highest BCUT2D eigenvalue weighted by molar-refractivity contribution is 7.92. The van der Waals surface area contributed by atoms with E-state index in [-0.39, 0.29) is 17.3 Å². The molecule has 3 aromatic carbocycles. The zero-order chi connectivity index (χ0) is 28.4. The van der Waals surface area contributed by atoms with Gasteiger partial charge < -0.3 is 15.0 Å². The van der Waals surface area contributed by atoms with Crippen LogP contribution in [0.1, 0.15) is 32.3 Å². The van der Waals surface area contributed by atoms with Crippen LogP contribution in [0.15, 0.2) is 83.8 Å². The second kappa shape index (κ2) is 13.7. The normalized spacial score (nSPS) is 11.9. The van der Waals surface area contributed by atoms with Gasteiger partial charge in [-0.2, -0.15) is 0 Å². The number of anilines is 1. The molecule has 0 aromatic heterocycles. The van der Waals surface area contributed by atoms with Crippen LogP contribution in [0.4, 0.5) is 10.1 Å². The van der Waals surface area contributed by atoms with Crippen LogP contribution in [-0.2, 0) is 26.2 Å². The van der Waals surface area contributed by atoms with Crippen LogP contribution in [0.2, 0.25) is 0 Å². The maximum Gasteiger partial charge on any atom is 0.264 e. The van der Waals surface area contributed by atoms with Crippen molar-refractivity contribution in [1.82, 2.24) is 10.2 Å². The fourth-order valence-corrected chi connectivity index (χ4v) is 5.48. The summed E-state index contributed by atoms with van der Waals surface area (Å²) in [6.07, 6.45) is 1.02. The number of halogens is 1. The minimum Gasteiger partial charge on any atom is -0.497 e. The summed E-state index contributed by atoms with van der Waals surface area (Å²) >= 11 is 0. The minimum absolute atomic E-state index is 0.00236. The largest absolute Gasteiger partial charge is 0.497 e. The van der Waals surface area contributed by atoms with Crippen LogP contribution in [0, 0.1) is 5.82 Å². The van der Waals surface area contributed by atoms with Crippen molar-refractivity contribution < 1.29 is 27.1 Å². The Kier molecular flexibility index (Phi) is 10.4. The topological polar surface area (TPSA) is 96.0 Å². The molecule has 1 N–H and O–H groups in total. The number of carbonyl (C=O) groups is 2. The molecule has 0 spiro atoms. The van der Waals surface area contributed by atoms with E-state index in [0.29, 0.717) is 30.0 Å². The van der Waals surface area contributed by atoms with Crippen LogP contribution in [-0.4, -0.2) is 51.4 Å². The van der Waals surface area contributed by atoms with E-state index in [0.717, 1.165) is 10.7 Å². The SMILES string of the molecule is CCCNC(=O)[C@@H](CC)N(Cc1ccc(F)cc1)C(=O)CN(c1ccccc1)S(=O)(=O)c1ccc(OC)cc1. The third kappa shape index (κ3) is 7.57. The van der Waals surface area contributed by atoms with Crippen LogP contribution < -0.4 is 14.4 Å². The Morgan fingerprint density at radius 1 is 0.949 bits per heavy atom. The second-order valence-corrected chi connectivity index (χ2v) is 10.7. The Hall–Kier alpha value is -3.92. The average molecular weight is 556 g/mol. The first-order valence-electron chi connectivity index (χ1n) is 12.7. The van der Waals surface area contributed by atoms with E-state index in [9.17, 15) is 22.4 Å². The standard InChI is InChI=1S/C29H34FN3O5S/c1-4-19-31-29(35)27(5-2)32(20-22-11-13-23(30)14-12-22)28(34)21-33(24-9-7-6-8-10-24)39(36,37)26-17-15-25(38-3)16-18-26/h6-18,27H,4-5,19-21H2,1-3H3,(H,31,35)/t27-/m1/s1. The molecular formula is C29H34FN3O5S. The number of benzene rings is 3. The zero-order valence-corrected chi connectivity index (χ0v) is 23.2. The molecule has 0 aliphatic heterocycles. The van der Waals surface area contributed by atoms with Crippen molar-refractivity contribution in [2.45, 2.75) is 44.2 Å². The fraction of sp³-hybridized carbons (Fsp3) is 0.310. The summed E-state index contributed by atoms with van der Waals surface area (Å²) in [7, 11) is -2.69. The number of para-hydroxylation sites is 1. The van der Waals surface area contributed by atoms with Gasteiger partial charge in [-0.1, -0.05) is 44.2 Å². The molecule has 39 heavy (non-hydrogen) atoms. The maximum atomic E-state index is 13.9. The van der Waals surface area contributed by atoms with Crippen molar-refractivity contribution in [2.24, 2.45) is 0 Å². The monoisotopic (exact) mass is 555 g/mol. The van der Waals surface area contributed by atoms with Crippen molar-refractivity contribution >= 4 is 27.5 Å². The quantitative estimate of drug-likeness (QED) is 0.338. The molecule has 10 heteroatoms. The number of nitrogens with zero attached hydrogens (tertiary/aromatic N) is 2. The first-order valence-corrected chi connectivity index (χ1v) is 14.2. The molecule has 0 heterocycles. The van der Waals surface area contributed by atoms with Gasteiger partial charge in [0.15, 0.2) is 0 Å². The van der Waals surface area contributed by atoms with Crippen molar-refractivity contribution in [3.8, 4) is 5.75 Å². The van der Waals surface area contributed by atoms with Crippen molar-refractivity contribution in [1.29, 1.82) is 0 Å². The van der Waals surface area contributed by atoms with Gasteiger partial charge in [-0.15, -0.1) is 0 Å². The lowest BCUT2D eigenvalue weighted by atomic mass is 10.1. The van der Waals surface area contributed by atoms with Gasteiger partial charge in [-0.3, -0.25) is 13.9 Å². The van der Waals surface area contributed by atoms with Gasteiger partial charge in [-0.25, -0.2) is 12.8 Å². The summed E-state index contributed by atoms with van der Waals surface area (Å²) in [5.74, 6) is -0.839. The van der Waals surface area contributed by atoms with E-state index in [2.05, 4.69) is 5.32 Å². The molecule has 1 atom stereocenters. The summed E-state index contributed by atoms with van der Waals surface area (Å²) in [6.45, 7) is 3.60. The third-order valence-electron chi connectivity index (χ3n) is 6.17. The van der Waals surface area contributed by atoms with Crippen LogP contribution >= 0.6 is 0 Å². The Labute approximate surface area is 229 Å². The van der Waals surface area contributed by atoms with E-state index in [4.69, 9.17) is 4.74 Å². The fourth-order valence-electron chi connectivity index (χ4n) is 4.07. The number of hydrogen-bond acceptors (Lipinski definition) is 5. The number of nitrogens with one attached hydrogen (secondary N) is 1. The summed E-state index contributed by atoms with van der Waals surface area (Å²) in [6, 6.07) is 19.0. The van der Waals surface area contributed by atoms with E-state index in [1.165, 1.54) is 60.5 Å². The predicted octanol–water partition coefficient (Wildman–Crippen LogP) is 4.36. The lowest BCUT2D eigenvalue weighted by molar-refractivity contribution is -0.140. The van der Waals surface area contributed by atoms with Crippen LogP contribution in [0.25, 0.3) is 0 Å². The lowest BCUT2D eigenvalue weighted by Crippen LogP contribution is -2.52. The molecule has 2 amide bonds. The van der Waals surface area contributed by atoms with Gasteiger partial charge in [0.05, 0.1) is 17.7 Å². The number of ether oxygens (including phenoxy) is 1. The van der Waals surface area contributed by atoms with Gasteiger partial charge in [0.25, 0.3) is 10.0 Å². The number of sulfonamides is 1. The van der Waals surface area contributed by atoms with E-state index < -0.39 is 34.3 Å². The first kappa shape index (κ1) is 29.6. The molecule has 8 nitrogen and oxygen atoms in total. The third-order valence-corrected chi connectivity index (χ3v) is 7.96. The summed E-state index contributed by atoms with van der Waals surface area (Å²) < 4.78 is 47.3. The van der Waals surface area contributed by atoms with Gasteiger partial charge in [0.2, 0.25) is 11.8 Å². The molecular weight excluding hydrogens is 521 g/mol. The minimum atomic E-state index is -4.17. The van der Waals surface area contributed by atoms with Crippen molar-refractivity contribution in [3.63, 3.8) is 0 Å². The number of rotatable bonds is 13. The van der Waals surface area contributed by atoms with Gasteiger partial charge in [-0.05, 0) is 66.9 Å². The summed E-state index contributed by atoms with van der Waals surface area (Å²) in [5.41, 5.74) is 0.905. The molecule has 0 radical (unpaired) electrons. The second-order valence-electron chi connectivity index (χ2n) is 8.89. The lowest BCUT2D eigenvalue weighted by Gasteiger charge is -2.33. The highest BCUT2D eigenvalue weighted by Crippen LogP contribution is 2.26.